The van der Waals surface area contributed by atoms with Crippen LogP contribution in [0.4, 0.5) is 15.8 Å². The Balaban J connectivity index is 1.54. The third-order valence-corrected chi connectivity index (χ3v) is 6.98. The van der Waals surface area contributed by atoms with Crippen molar-refractivity contribution in [2.24, 2.45) is 0 Å². The van der Waals surface area contributed by atoms with Crippen molar-refractivity contribution in [2.45, 2.75) is 4.90 Å². The van der Waals surface area contributed by atoms with Crippen LogP contribution in [0.2, 0.25) is 0 Å². The van der Waals surface area contributed by atoms with Crippen molar-refractivity contribution in [2.75, 3.05) is 49.6 Å². The number of carbonyl (C=O) groups excluding carboxylic acids is 1. The number of sulfonamides is 1. The highest BCUT2D eigenvalue weighted by Crippen LogP contribution is 2.34. The Morgan fingerprint density at radius 2 is 1.71 bits per heavy atom. The fourth-order valence-electron chi connectivity index (χ4n) is 3.44. The van der Waals surface area contributed by atoms with Crippen molar-refractivity contribution in [1.29, 1.82) is 0 Å². The van der Waals surface area contributed by atoms with Crippen LogP contribution < -0.4 is 14.5 Å². The van der Waals surface area contributed by atoms with Gasteiger partial charge in [0, 0.05) is 33.2 Å². The van der Waals surface area contributed by atoms with Crippen LogP contribution in [0.1, 0.15) is 0 Å². The molecule has 0 bridgehead atoms. The van der Waals surface area contributed by atoms with Crippen LogP contribution in [0.15, 0.2) is 47.4 Å². The number of para-hydroxylation sites is 1. The Hall–Kier alpha value is -2.65. The van der Waals surface area contributed by atoms with Gasteiger partial charge in [0.25, 0.3) is 5.91 Å². The molecule has 7 nitrogen and oxygen atoms in total. The van der Waals surface area contributed by atoms with Gasteiger partial charge in [0.15, 0.2) is 6.61 Å². The summed E-state index contributed by atoms with van der Waals surface area (Å²) in [6.45, 7) is 1.23. The fourth-order valence-corrected chi connectivity index (χ4v) is 4.88. The SMILES string of the molecule is CN1C(=O)COc2ccc(S(=O)(=O)N3CCN(c4ccccc4F)CC3)cc21. The zero-order chi connectivity index (χ0) is 19.9. The number of anilines is 2. The lowest BCUT2D eigenvalue weighted by atomic mass is 10.2. The number of ether oxygens (including phenoxy) is 1. The van der Waals surface area contributed by atoms with Crippen molar-refractivity contribution in [1.82, 2.24) is 4.31 Å². The third-order valence-electron chi connectivity index (χ3n) is 5.09. The maximum Gasteiger partial charge on any atom is 0.264 e. The first-order valence-corrected chi connectivity index (χ1v) is 10.3. The summed E-state index contributed by atoms with van der Waals surface area (Å²) in [7, 11) is -2.14. The number of nitrogens with zero attached hydrogens (tertiary/aromatic N) is 3. The van der Waals surface area contributed by atoms with Gasteiger partial charge >= 0.3 is 0 Å². The van der Waals surface area contributed by atoms with Crippen LogP contribution in [0.3, 0.4) is 0 Å². The highest BCUT2D eigenvalue weighted by Gasteiger charge is 2.31. The summed E-state index contributed by atoms with van der Waals surface area (Å²) in [6, 6.07) is 11.0. The van der Waals surface area contributed by atoms with E-state index in [9.17, 15) is 17.6 Å². The topological polar surface area (TPSA) is 70.2 Å². The zero-order valence-corrected chi connectivity index (χ0v) is 16.2. The highest BCUT2D eigenvalue weighted by molar-refractivity contribution is 7.89. The van der Waals surface area contributed by atoms with Crippen molar-refractivity contribution in [3.8, 4) is 5.75 Å². The van der Waals surface area contributed by atoms with Gasteiger partial charge in [-0.1, -0.05) is 12.1 Å². The predicted molar refractivity (Wildman–Crippen MR) is 103 cm³/mol. The van der Waals surface area contributed by atoms with E-state index in [1.54, 1.807) is 31.3 Å². The summed E-state index contributed by atoms with van der Waals surface area (Å²) < 4.78 is 46.8. The van der Waals surface area contributed by atoms with E-state index in [0.29, 0.717) is 30.2 Å². The molecule has 4 rings (SSSR count). The van der Waals surface area contributed by atoms with E-state index < -0.39 is 10.0 Å². The number of carbonyl (C=O) groups is 1. The van der Waals surface area contributed by atoms with Gasteiger partial charge in [-0.3, -0.25) is 4.79 Å². The Labute approximate surface area is 163 Å². The smallest absolute Gasteiger partial charge is 0.264 e. The van der Waals surface area contributed by atoms with Crippen molar-refractivity contribution in [3.63, 3.8) is 0 Å². The molecule has 9 heteroatoms. The van der Waals surface area contributed by atoms with Crippen LogP contribution in [0, 0.1) is 5.82 Å². The van der Waals surface area contributed by atoms with Gasteiger partial charge < -0.3 is 14.5 Å². The lowest BCUT2D eigenvalue weighted by Gasteiger charge is -2.35. The Bertz CT molecular complexity index is 1020. The summed E-state index contributed by atoms with van der Waals surface area (Å²) in [5.74, 6) is -0.0767. The van der Waals surface area contributed by atoms with Gasteiger partial charge in [-0.2, -0.15) is 4.31 Å². The number of hydrogen-bond donors (Lipinski definition) is 0. The summed E-state index contributed by atoms with van der Waals surface area (Å²) in [5.41, 5.74) is 0.910. The minimum absolute atomic E-state index is 0.0619. The van der Waals surface area contributed by atoms with Crippen molar-refractivity contribution >= 4 is 27.3 Å². The number of piperazine rings is 1. The van der Waals surface area contributed by atoms with E-state index in [1.807, 2.05) is 4.90 Å². The molecule has 0 N–H and O–H groups in total. The van der Waals surface area contributed by atoms with Gasteiger partial charge in [0.05, 0.1) is 16.3 Å². The molecular weight excluding hydrogens is 385 g/mol. The average molecular weight is 405 g/mol. The number of halogens is 1. The Morgan fingerprint density at radius 3 is 2.43 bits per heavy atom. The molecule has 1 fully saturated rings. The molecule has 2 aliphatic heterocycles. The number of hydrogen-bond acceptors (Lipinski definition) is 5. The Morgan fingerprint density at radius 1 is 1.00 bits per heavy atom. The molecule has 2 aromatic carbocycles. The van der Waals surface area contributed by atoms with Crippen molar-refractivity contribution < 1.29 is 22.3 Å². The molecule has 0 radical (unpaired) electrons. The Kier molecular flexibility index (Phi) is 4.72. The number of likely N-dealkylation sites (N-methyl/N-ethyl adjacent to an activating group) is 1. The highest BCUT2D eigenvalue weighted by atomic mass is 32.2. The van der Waals surface area contributed by atoms with Crippen LogP contribution >= 0.6 is 0 Å². The first kappa shape index (κ1) is 18.7. The van der Waals surface area contributed by atoms with E-state index in [-0.39, 0.29) is 36.3 Å². The van der Waals surface area contributed by atoms with E-state index in [0.717, 1.165) is 0 Å². The van der Waals surface area contributed by atoms with Crippen LogP contribution in [0.25, 0.3) is 0 Å². The second-order valence-electron chi connectivity index (χ2n) is 6.71. The van der Waals surface area contributed by atoms with Gasteiger partial charge in [0.2, 0.25) is 10.0 Å². The molecule has 0 spiro atoms. The van der Waals surface area contributed by atoms with Gasteiger partial charge in [-0.25, -0.2) is 12.8 Å². The molecule has 1 amide bonds. The summed E-state index contributed by atoms with van der Waals surface area (Å²) in [6.07, 6.45) is 0. The molecule has 148 valence electrons. The molecule has 0 aliphatic carbocycles. The fraction of sp³-hybridized carbons (Fsp3) is 0.316. The lowest BCUT2D eigenvalue weighted by Crippen LogP contribution is -2.49. The minimum atomic E-state index is -3.73. The van der Waals surface area contributed by atoms with Gasteiger partial charge in [-0.15, -0.1) is 0 Å². The largest absolute Gasteiger partial charge is 0.482 e. The molecule has 2 aliphatic rings. The molecule has 1 saturated heterocycles. The molecule has 28 heavy (non-hydrogen) atoms. The predicted octanol–water partition coefficient (Wildman–Crippen LogP) is 1.69. The number of amides is 1. The van der Waals surface area contributed by atoms with Crippen LogP contribution in [-0.2, 0) is 14.8 Å². The standard InChI is InChI=1S/C19H20FN3O4S/c1-21-17-12-14(6-7-18(17)27-13-19(21)24)28(25,26)23-10-8-22(9-11-23)16-5-3-2-4-15(16)20/h2-7,12H,8-11,13H2,1H3. The number of rotatable bonds is 3. The van der Waals surface area contributed by atoms with E-state index >= 15 is 0 Å². The molecule has 2 heterocycles. The monoisotopic (exact) mass is 405 g/mol. The second-order valence-corrected chi connectivity index (χ2v) is 8.65. The molecule has 0 aromatic heterocycles. The first-order chi connectivity index (χ1) is 13.4. The molecule has 0 unspecified atom stereocenters. The number of fused-ring (bicyclic) bond motifs is 1. The quantitative estimate of drug-likeness (QED) is 0.777. The maximum absolute atomic E-state index is 14.0. The van der Waals surface area contributed by atoms with Crippen LogP contribution in [0.5, 0.6) is 5.75 Å². The maximum atomic E-state index is 14.0. The van der Waals surface area contributed by atoms with Gasteiger partial charge in [-0.05, 0) is 30.3 Å². The minimum Gasteiger partial charge on any atom is -0.482 e. The summed E-state index contributed by atoms with van der Waals surface area (Å²) in [4.78, 5) is 15.2. The van der Waals surface area contributed by atoms with Crippen molar-refractivity contribution in [3.05, 3.63) is 48.3 Å². The molecule has 0 saturated carbocycles. The van der Waals surface area contributed by atoms with E-state index in [4.69, 9.17) is 4.74 Å². The van der Waals surface area contributed by atoms with Crippen LogP contribution in [-0.4, -0.2) is 58.5 Å². The normalized spacial score (nSPS) is 18.0. The second kappa shape index (κ2) is 7.06. The first-order valence-electron chi connectivity index (χ1n) is 8.91. The van der Waals surface area contributed by atoms with E-state index in [1.165, 1.54) is 27.4 Å². The average Bonchev–Trinajstić information content (AvgIpc) is 2.71. The van der Waals surface area contributed by atoms with Gasteiger partial charge in [0.1, 0.15) is 11.6 Å². The molecule has 2 aromatic rings. The lowest BCUT2D eigenvalue weighted by molar-refractivity contribution is -0.120. The molecule has 0 atom stereocenters. The summed E-state index contributed by atoms with van der Waals surface area (Å²) in [5, 5.41) is 0. The summed E-state index contributed by atoms with van der Waals surface area (Å²) >= 11 is 0. The number of benzene rings is 2. The third kappa shape index (κ3) is 3.20. The molecular formula is C19H20FN3O4S. The van der Waals surface area contributed by atoms with E-state index in [2.05, 4.69) is 0 Å². The zero-order valence-electron chi connectivity index (χ0n) is 15.3.